The first-order valence-electron chi connectivity index (χ1n) is 11.3. The number of carbonyl (C=O) groups is 3. The SMILES string of the molecule is O=C(C[C@@H]1C(=O)N[C@@H]2CCCC[C@H]2N1C(=O)Nc1cccc(Cl)c1)Nc1ccc2c(c1)OCO2. The summed E-state index contributed by atoms with van der Waals surface area (Å²) in [5.74, 6) is 0.441. The minimum atomic E-state index is -0.937. The summed E-state index contributed by atoms with van der Waals surface area (Å²) in [6.07, 6.45) is 3.32. The van der Waals surface area contributed by atoms with Crippen LogP contribution in [0.25, 0.3) is 0 Å². The standard InChI is InChI=1S/C24H25ClN4O5/c25-14-4-3-5-15(10-14)27-24(32)29-18-7-2-1-6-17(18)28-23(31)19(29)12-22(30)26-16-8-9-20-21(11-16)34-13-33-20/h3-5,8-11,17-19H,1-2,6-7,12-13H2,(H,26,30)(H,27,32)(H,28,31)/t17-,18-,19-/m1/s1. The molecule has 0 radical (unpaired) electrons. The maximum atomic E-state index is 13.4. The van der Waals surface area contributed by atoms with E-state index >= 15 is 0 Å². The number of hydrogen-bond donors (Lipinski definition) is 3. The van der Waals surface area contributed by atoms with E-state index in [1.54, 1.807) is 47.4 Å². The molecular weight excluding hydrogens is 460 g/mol. The van der Waals surface area contributed by atoms with E-state index < -0.39 is 12.1 Å². The van der Waals surface area contributed by atoms with Gasteiger partial charge in [-0.3, -0.25) is 9.59 Å². The second-order valence-corrected chi connectivity index (χ2v) is 9.09. The molecule has 10 heteroatoms. The van der Waals surface area contributed by atoms with Crippen LogP contribution < -0.4 is 25.4 Å². The van der Waals surface area contributed by atoms with E-state index in [4.69, 9.17) is 21.1 Å². The fourth-order valence-corrected chi connectivity index (χ4v) is 5.04. The molecule has 2 aromatic rings. The number of anilines is 2. The third-order valence-corrected chi connectivity index (χ3v) is 6.63. The Morgan fingerprint density at radius 1 is 1.03 bits per heavy atom. The molecule has 2 fully saturated rings. The smallest absolute Gasteiger partial charge is 0.322 e. The minimum absolute atomic E-state index is 0.125. The molecule has 34 heavy (non-hydrogen) atoms. The molecule has 1 saturated carbocycles. The summed E-state index contributed by atoms with van der Waals surface area (Å²) in [5.41, 5.74) is 1.05. The highest BCUT2D eigenvalue weighted by Gasteiger charge is 2.46. The number of halogens is 1. The Morgan fingerprint density at radius 2 is 1.82 bits per heavy atom. The number of hydrogen-bond acceptors (Lipinski definition) is 5. The quantitative estimate of drug-likeness (QED) is 0.612. The fraction of sp³-hybridized carbons (Fsp3) is 0.375. The first-order valence-corrected chi connectivity index (χ1v) is 11.7. The second kappa shape index (κ2) is 9.42. The number of benzene rings is 2. The normalized spacial score (nSPS) is 23.0. The zero-order valence-electron chi connectivity index (χ0n) is 18.4. The predicted molar refractivity (Wildman–Crippen MR) is 126 cm³/mol. The molecule has 2 aliphatic heterocycles. The van der Waals surface area contributed by atoms with Gasteiger partial charge in [-0.25, -0.2) is 4.79 Å². The molecule has 178 valence electrons. The van der Waals surface area contributed by atoms with Gasteiger partial charge in [0.1, 0.15) is 6.04 Å². The average molecular weight is 485 g/mol. The molecule has 0 bridgehead atoms. The van der Waals surface area contributed by atoms with Gasteiger partial charge in [-0.05, 0) is 43.2 Å². The molecule has 0 unspecified atom stereocenters. The molecule has 3 atom stereocenters. The van der Waals surface area contributed by atoms with E-state index in [-0.39, 0.29) is 37.1 Å². The molecule has 1 aliphatic carbocycles. The summed E-state index contributed by atoms with van der Waals surface area (Å²) in [6, 6.07) is 10.2. The number of ether oxygens (including phenoxy) is 2. The summed E-state index contributed by atoms with van der Waals surface area (Å²) >= 11 is 6.06. The zero-order chi connectivity index (χ0) is 23.7. The summed E-state index contributed by atoms with van der Waals surface area (Å²) in [7, 11) is 0. The van der Waals surface area contributed by atoms with Crippen LogP contribution >= 0.6 is 11.6 Å². The molecule has 9 nitrogen and oxygen atoms in total. The lowest BCUT2D eigenvalue weighted by atomic mass is 9.85. The van der Waals surface area contributed by atoms with Crippen LogP contribution in [0.5, 0.6) is 11.5 Å². The summed E-state index contributed by atoms with van der Waals surface area (Å²) in [4.78, 5) is 40.9. The number of carbonyl (C=O) groups excluding carboxylic acids is 3. The van der Waals surface area contributed by atoms with Crippen LogP contribution in [0.3, 0.4) is 0 Å². The van der Waals surface area contributed by atoms with Crippen LogP contribution in [-0.4, -0.2) is 47.7 Å². The highest BCUT2D eigenvalue weighted by atomic mass is 35.5. The van der Waals surface area contributed by atoms with Crippen LogP contribution in [0.2, 0.25) is 5.02 Å². The van der Waals surface area contributed by atoms with Gasteiger partial charge in [-0.2, -0.15) is 0 Å². The summed E-state index contributed by atoms with van der Waals surface area (Å²) in [6.45, 7) is 0.133. The van der Waals surface area contributed by atoms with Gasteiger partial charge in [0.25, 0.3) is 0 Å². The summed E-state index contributed by atoms with van der Waals surface area (Å²) < 4.78 is 10.6. The molecule has 0 spiro atoms. The first kappa shape index (κ1) is 22.3. The van der Waals surface area contributed by atoms with E-state index in [2.05, 4.69) is 16.0 Å². The van der Waals surface area contributed by atoms with Gasteiger partial charge < -0.3 is 30.3 Å². The van der Waals surface area contributed by atoms with Crippen molar-refractivity contribution in [2.24, 2.45) is 0 Å². The number of amides is 4. The van der Waals surface area contributed by atoms with Gasteiger partial charge >= 0.3 is 6.03 Å². The van der Waals surface area contributed by atoms with Crippen LogP contribution in [0.1, 0.15) is 32.1 Å². The van der Waals surface area contributed by atoms with Crippen molar-refractivity contribution < 1.29 is 23.9 Å². The van der Waals surface area contributed by atoms with E-state index in [1.807, 2.05) is 0 Å². The highest BCUT2D eigenvalue weighted by molar-refractivity contribution is 6.30. The van der Waals surface area contributed by atoms with Crippen molar-refractivity contribution >= 4 is 40.8 Å². The van der Waals surface area contributed by atoms with Gasteiger partial charge in [-0.15, -0.1) is 0 Å². The van der Waals surface area contributed by atoms with Gasteiger partial charge in [0.05, 0.1) is 12.5 Å². The third kappa shape index (κ3) is 4.61. The van der Waals surface area contributed by atoms with Crippen LogP contribution in [-0.2, 0) is 9.59 Å². The monoisotopic (exact) mass is 484 g/mol. The van der Waals surface area contributed by atoms with Crippen molar-refractivity contribution in [1.82, 2.24) is 10.2 Å². The van der Waals surface area contributed by atoms with Gasteiger partial charge in [0, 0.05) is 28.5 Å². The number of nitrogens with zero attached hydrogens (tertiary/aromatic N) is 1. The number of rotatable bonds is 4. The molecule has 2 heterocycles. The van der Waals surface area contributed by atoms with Crippen molar-refractivity contribution in [2.45, 2.75) is 50.2 Å². The number of fused-ring (bicyclic) bond motifs is 2. The predicted octanol–water partition coefficient (Wildman–Crippen LogP) is 3.74. The van der Waals surface area contributed by atoms with Gasteiger partial charge in [0.2, 0.25) is 18.6 Å². The summed E-state index contributed by atoms with van der Waals surface area (Å²) in [5, 5.41) is 9.17. The maximum Gasteiger partial charge on any atom is 0.322 e. The first-order chi connectivity index (χ1) is 16.5. The Kier molecular flexibility index (Phi) is 6.19. The molecule has 1 saturated heterocycles. The van der Waals surface area contributed by atoms with Crippen LogP contribution in [0.4, 0.5) is 16.2 Å². The largest absolute Gasteiger partial charge is 0.454 e. The Hall–Kier alpha value is -3.46. The lowest BCUT2D eigenvalue weighted by molar-refractivity contribution is -0.135. The van der Waals surface area contributed by atoms with Crippen molar-refractivity contribution in [3.05, 3.63) is 47.5 Å². The van der Waals surface area contributed by atoms with Crippen LogP contribution in [0, 0.1) is 0 Å². The number of urea groups is 1. The second-order valence-electron chi connectivity index (χ2n) is 8.65. The van der Waals surface area contributed by atoms with Crippen molar-refractivity contribution in [1.29, 1.82) is 0 Å². The Morgan fingerprint density at radius 3 is 2.68 bits per heavy atom. The number of piperazine rings is 1. The zero-order valence-corrected chi connectivity index (χ0v) is 19.1. The molecule has 4 amide bonds. The average Bonchev–Trinajstić information content (AvgIpc) is 3.27. The van der Waals surface area contributed by atoms with E-state index in [0.29, 0.717) is 27.9 Å². The Labute approximate surface area is 201 Å². The Bertz CT molecular complexity index is 1130. The van der Waals surface area contributed by atoms with Crippen molar-refractivity contribution in [3.63, 3.8) is 0 Å². The number of nitrogens with one attached hydrogen (secondary N) is 3. The lowest BCUT2D eigenvalue weighted by Crippen LogP contribution is -2.68. The molecule has 3 aliphatic rings. The third-order valence-electron chi connectivity index (χ3n) is 6.40. The van der Waals surface area contributed by atoms with Gasteiger partial charge in [0.15, 0.2) is 11.5 Å². The topological polar surface area (TPSA) is 109 Å². The minimum Gasteiger partial charge on any atom is -0.454 e. The van der Waals surface area contributed by atoms with Gasteiger partial charge in [-0.1, -0.05) is 30.5 Å². The Balaban J connectivity index is 1.35. The maximum absolute atomic E-state index is 13.4. The van der Waals surface area contributed by atoms with E-state index in [1.165, 1.54) is 0 Å². The molecule has 0 aromatic heterocycles. The van der Waals surface area contributed by atoms with E-state index in [0.717, 1.165) is 25.7 Å². The van der Waals surface area contributed by atoms with Crippen molar-refractivity contribution in [2.75, 3.05) is 17.4 Å². The lowest BCUT2D eigenvalue weighted by Gasteiger charge is -2.47. The van der Waals surface area contributed by atoms with Crippen LogP contribution in [0.15, 0.2) is 42.5 Å². The molecular formula is C24H25ClN4O5. The molecule has 2 aromatic carbocycles. The van der Waals surface area contributed by atoms with Crippen molar-refractivity contribution in [3.8, 4) is 11.5 Å². The molecule has 3 N–H and O–H groups in total. The fourth-order valence-electron chi connectivity index (χ4n) is 4.85. The van der Waals surface area contributed by atoms with E-state index in [9.17, 15) is 14.4 Å². The molecule has 5 rings (SSSR count). The highest BCUT2D eigenvalue weighted by Crippen LogP contribution is 2.35.